The summed E-state index contributed by atoms with van der Waals surface area (Å²) in [4.78, 5) is 22.0. The topological polar surface area (TPSA) is 45.2 Å². The molecule has 6 rings (SSSR count). The molecule has 1 aromatic carbocycles. The van der Waals surface area contributed by atoms with Crippen molar-refractivity contribution in [1.29, 1.82) is 0 Å². The number of fused-ring (bicyclic) bond motifs is 3. The second-order valence-corrected chi connectivity index (χ2v) is 9.40. The van der Waals surface area contributed by atoms with Crippen LogP contribution in [0.5, 0.6) is 0 Å². The van der Waals surface area contributed by atoms with Gasteiger partial charge in [0.2, 0.25) is 0 Å². The fourth-order valence-corrected chi connectivity index (χ4v) is 6.06. The number of aryl methyl sites for hydroxylation is 2. The highest BCUT2D eigenvalue weighted by atomic mass is 32.1. The lowest BCUT2D eigenvalue weighted by Gasteiger charge is -2.37. The van der Waals surface area contributed by atoms with Gasteiger partial charge in [-0.25, -0.2) is 9.97 Å². The summed E-state index contributed by atoms with van der Waals surface area (Å²) in [5.74, 6) is 1.91. The van der Waals surface area contributed by atoms with Gasteiger partial charge in [0.05, 0.1) is 5.39 Å². The molecule has 1 aliphatic carbocycles. The van der Waals surface area contributed by atoms with Gasteiger partial charge < -0.3 is 9.80 Å². The van der Waals surface area contributed by atoms with Crippen molar-refractivity contribution in [2.45, 2.75) is 25.7 Å². The first-order chi connectivity index (χ1) is 15.4. The molecular weight excluding hydrogens is 402 g/mol. The summed E-state index contributed by atoms with van der Waals surface area (Å²) in [6, 6.07) is 14.7. The maximum atomic E-state index is 5.14. The quantitative estimate of drug-likeness (QED) is 0.462. The Labute approximate surface area is 186 Å². The van der Waals surface area contributed by atoms with E-state index in [9.17, 15) is 0 Å². The van der Waals surface area contributed by atoms with Crippen molar-refractivity contribution in [3.8, 4) is 11.4 Å². The van der Waals surface area contributed by atoms with Gasteiger partial charge in [-0.3, -0.25) is 4.98 Å². The monoisotopic (exact) mass is 427 g/mol. The normalized spacial score (nSPS) is 16.5. The SMILES string of the molecule is c1ccc(N2CCN(c3nc(-c4cccnc4)nc4sc5c(c34)CCCC5)CC2)cc1. The van der Waals surface area contributed by atoms with E-state index in [0.29, 0.717) is 0 Å². The van der Waals surface area contributed by atoms with Crippen LogP contribution in [-0.4, -0.2) is 41.1 Å². The summed E-state index contributed by atoms with van der Waals surface area (Å²) in [5.41, 5.74) is 3.79. The van der Waals surface area contributed by atoms with Gasteiger partial charge in [0.25, 0.3) is 0 Å². The number of aromatic nitrogens is 3. The number of anilines is 2. The van der Waals surface area contributed by atoms with E-state index in [1.165, 1.54) is 40.8 Å². The summed E-state index contributed by atoms with van der Waals surface area (Å²) in [7, 11) is 0. The van der Waals surface area contributed by atoms with Crippen molar-refractivity contribution in [1.82, 2.24) is 15.0 Å². The molecule has 2 aliphatic rings. The van der Waals surface area contributed by atoms with Crippen LogP contribution in [-0.2, 0) is 12.8 Å². The maximum Gasteiger partial charge on any atom is 0.164 e. The molecule has 156 valence electrons. The van der Waals surface area contributed by atoms with Gasteiger partial charge in [-0.2, -0.15) is 0 Å². The van der Waals surface area contributed by atoms with Gasteiger partial charge in [-0.15, -0.1) is 11.3 Å². The zero-order valence-corrected chi connectivity index (χ0v) is 18.3. The highest BCUT2D eigenvalue weighted by molar-refractivity contribution is 7.19. The molecule has 6 heteroatoms. The minimum absolute atomic E-state index is 0.791. The standard InChI is InChI=1S/C25H25N5S/c1-2-8-19(9-3-1)29-13-15-30(16-14-29)24-22-20-10-4-5-11-21(20)31-25(22)28-23(27-24)18-7-6-12-26-17-18/h1-3,6-9,12,17H,4-5,10-11,13-16H2. The van der Waals surface area contributed by atoms with E-state index in [4.69, 9.17) is 9.97 Å². The highest BCUT2D eigenvalue weighted by Crippen LogP contribution is 2.41. The number of nitrogens with zero attached hydrogens (tertiary/aromatic N) is 5. The third-order valence-corrected chi connectivity index (χ3v) is 7.60. The van der Waals surface area contributed by atoms with E-state index < -0.39 is 0 Å². The summed E-state index contributed by atoms with van der Waals surface area (Å²) >= 11 is 1.88. The van der Waals surface area contributed by atoms with Crippen LogP contribution in [0.2, 0.25) is 0 Å². The van der Waals surface area contributed by atoms with Crippen LogP contribution >= 0.6 is 11.3 Å². The van der Waals surface area contributed by atoms with E-state index >= 15 is 0 Å². The molecule has 0 spiro atoms. The number of rotatable bonds is 3. The molecular formula is C25H25N5S. The first-order valence-corrected chi connectivity index (χ1v) is 12.0. The molecule has 4 aromatic rings. The Morgan fingerprint density at radius 3 is 2.42 bits per heavy atom. The maximum absolute atomic E-state index is 5.14. The average molecular weight is 428 g/mol. The number of para-hydroxylation sites is 1. The molecule has 1 fully saturated rings. The third kappa shape index (κ3) is 3.45. The van der Waals surface area contributed by atoms with E-state index in [1.807, 2.05) is 23.6 Å². The van der Waals surface area contributed by atoms with Crippen LogP contribution in [0, 0.1) is 0 Å². The van der Waals surface area contributed by atoms with E-state index in [0.717, 1.165) is 54.6 Å². The molecule has 0 atom stereocenters. The van der Waals surface area contributed by atoms with E-state index in [-0.39, 0.29) is 0 Å². The van der Waals surface area contributed by atoms with Gasteiger partial charge >= 0.3 is 0 Å². The first-order valence-electron chi connectivity index (χ1n) is 11.1. The van der Waals surface area contributed by atoms with Crippen molar-refractivity contribution < 1.29 is 0 Å². The lowest BCUT2D eigenvalue weighted by molar-refractivity contribution is 0.648. The number of hydrogen-bond acceptors (Lipinski definition) is 6. The fraction of sp³-hybridized carbons (Fsp3) is 0.320. The Morgan fingerprint density at radius 2 is 1.61 bits per heavy atom. The van der Waals surface area contributed by atoms with Crippen LogP contribution in [0.15, 0.2) is 54.9 Å². The zero-order chi connectivity index (χ0) is 20.6. The smallest absolute Gasteiger partial charge is 0.164 e. The zero-order valence-electron chi connectivity index (χ0n) is 17.5. The third-order valence-electron chi connectivity index (χ3n) is 6.42. The number of benzene rings is 1. The Hall–Kier alpha value is -2.99. The molecule has 1 aliphatic heterocycles. The Balaban J connectivity index is 1.40. The van der Waals surface area contributed by atoms with Crippen LogP contribution in [0.3, 0.4) is 0 Å². The number of pyridine rings is 1. The van der Waals surface area contributed by atoms with E-state index in [1.54, 1.807) is 6.20 Å². The molecule has 0 bridgehead atoms. The Bertz CT molecular complexity index is 1200. The summed E-state index contributed by atoms with van der Waals surface area (Å²) in [5, 5.41) is 1.31. The van der Waals surface area contributed by atoms with Crippen molar-refractivity contribution >= 4 is 33.1 Å². The van der Waals surface area contributed by atoms with Gasteiger partial charge in [-0.05, 0) is 55.5 Å². The molecule has 0 radical (unpaired) electrons. The molecule has 3 aromatic heterocycles. The van der Waals surface area contributed by atoms with Crippen molar-refractivity contribution in [3.63, 3.8) is 0 Å². The van der Waals surface area contributed by atoms with Gasteiger partial charge in [0, 0.05) is 54.7 Å². The Kier molecular flexibility index (Phi) is 4.80. The molecule has 31 heavy (non-hydrogen) atoms. The van der Waals surface area contributed by atoms with Crippen LogP contribution in [0.4, 0.5) is 11.5 Å². The van der Waals surface area contributed by atoms with Crippen molar-refractivity contribution in [2.24, 2.45) is 0 Å². The molecule has 1 saturated heterocycles. The lowest BCUT2D eigenvalue weighted by Crippen LogP contribution is -2.47. The second-order valence-electron chi connectivity index (χ2n) is 8.31. The number of hydrogen-bond donors (Lipinski definition) is 0. The number of piperazine rings is 1. The number of thiophene rings is 1. The van der Waals surface area contributed by atoms with Gasteiger partial charge in [0.1, 0.15) is 10.6 Å². The molecule has 5 nitrogen and oxygen atoms in total. The highest BCUT2D eigenvalue weighted by Gasteiger charge is 2.26. The van der Waals surface area contributed by atoms with E-state index in [2.05, 4.69) is 51.2 Å². The predicted octanol–water partition coefficient (Wildman–Crippen LogP) is 4.96. The summed E-state index contributed by atoms with van der Waals surface area (Å²) in [6.07, 6.45) is 8.56. The predicted molar refractivity (Wildman–Crippen MR) is 128 cm³/mol. The molecule has 0 unspecified atom stereocenters. The lowest BCUT2D eigenvalue weighted by atomic mass is 9.96. The minimum atomic E-state index is 0.791. The van der Waals surface area contributed by atoms with Crippen LogP contribution in [0.1, 0.15) is 23.3 Å². The molecule has 0 N–H and O–H groups in total. The van der Waals surface area contributed by atoms with Crippen molar-refractivity contribution in [3.05, 3.63) is 65.3 Å². The largest absolute Gasteiger partial charge is 0.368 e. The molecule has 4 heterocycles. The first kappa shape index (κ1) is 18.8. The van der Waals surface area contributed by atoms with Crippen molar-refractivity contribution in [2.75, 3.05) is 36.0 Å². The molecule has 0 amide bonds. The second kappa shape index (κ2) is 7.93. The minimum Gasteiger partial charge on any atom is -0.368 e. The summed E-state index contributed by atoms with van der Waals surface area (Å²) in [6.45, 7) is 3.95. The average Bonchev–Trinajstić information content (AvgIpc) is 3.23. The fourth-order valence-electron chi connectivity index (χ4n) is 4.81. The van der Waals surface area contributed by atoms with Crippen LogP contribution in [0.25, 0.3) is 21.6 Å². The van der Waals surface area contributed by atoms with Crippen LogP contribution < -0.4 is 9.80 Å². The van der Waals surface area contributed by atoms with Gasteiger partial charge in [-0.1, -0.05) is 18.2 Å². The Morgan fingerprint density at radius 1 is 0.806 bits per heavy atom. The van der Waals surface area contributed by atoms with Gasteiger partial charge in [0.15, 0.2) is 5.82 Å². The molecule has 0 saturated carbocycles. The summed E-state index contributed by atoms with van der Waals surface area (Å²) < 4.78 is 0.